The van der Waals surface area contributed by atoms with E-state index >= 15 is 0 Å². The molecule has 0 spiro atoms. The van der Waals surface area contributed by atoms with Gasteiger partial charge < -0.3 is 15.6 Å². The van der Waals surface area contributed by atoms with Gasteiger partial charge >= 0.3 is 0 Å². The molecule has 1 aromatic heterocycles. The molecule has 5 rings (SSSR count). The average Bonchev–Trinajstić information content (AvgIpc) is 3.51. The second-order valence-electron chi connectivity index (χ2n) is 8.42. The normalized spacial score (nSPS) is 26.5. The molecule has 8 heteroatoms. The van der Waals surface area contributed by atoms with Crippen LogP contribution in [-0.2, 0) is 16.1 Å². The Labute approximate surface area is 198 Å². The lowest BCUT2D eigenvalue weighted by atomic mass is 9.85. The minimum atomic E-state index is -0.105. The standard InChI is InChI=1S/C23H27N5O2.HI/c1-24-23(26-13-17-12-14-5-2-3-6-18(14)27-17)25-9-4-10-28-21(29)19-15-7-8-16(11-15)20(19)22(28)30;/h2-3,5-8,12,15-16,19-20,27H,4,9-11,13H2,1H3,(H2,24,25,26);1H. The maximum absolute atomic E-state index is 12.7. The Kier molecular flexibility index (Phi) is 6.36. The molecule has 1 aromatic carbocycles. The molecular formula is C23H28IN5O2. The smallest absolute Gasteiger partial charge is 0.233 e. The topological polar surface area (TPSA) is 89.6 Å². The van der Waals surface area contributed by atoms with E-state index in [2.05, 4.69) is 51.0 Å². The van der Waals surface area contributed by atoms with Crippen LogP contribution in [0.3, 0.4) is 0 Å². The number of likely N-dealkylation sites (tertiary alicyclic amines) is 1. The second kappa shape index (κ2) is 9.02. The van der Waals surface area contributed by atoms with Gasteiger partial charge in [-0.1, -0.05) is 30.4 Å². The van der Waals surface area contributed by atoms with E-state index in [-0.39, 0.29) is 59.5 Å². The van der Waals surface area contributed by atoms with Crippen molar-refractivity contribution < 1.29 is 9.59 Å². The van der Waals surface area contributed by atoms with Crippen molar-refractivity contribution in [2.45, 2.75) is 19.4 Å². The summed E-state index contributed by atoms with van der Waals surface area (Å²) in [5.41, 5.74) is 2.20. The molecule has 2 aliphatic carbocycles. The van der Waals surface area contributed by atoms with E-state index in [9.17, 15) is 9.59 Å². The van der Waals surface area contributed by atoms with Gasteiger partial charge in [-0.2, -0.15) is 0 Å². The molecule has 2 aromatic rings. The number of fused-ring (bicyclic) bond motifs is 6. The van der Waals surface area contributed by atoms with Crippen LogP contribution in [0.4, 0.5) is 0 Å². The summed E-state index contributed by atoms with van der Waals surface area (Å²) in [7, 11) is 1.73. The molecule has 31 heavy (non-hydrogen) atoms. The zero-order valence-corrected chi connectivity index (χ0v) is 19.8. The number of halogens is 1. The molecule has 2 fully saturated rings. The van der Waals surface area contributed by atoms with E-state index in [1.165, 1.54) is 10.3 Å². The van der Waals surface area contributed by atoms with Crippen LogP contribution in [0.5, 0.6) is 0 Å². The Bertz CT molecular complexity index is 983. The Morgan fingerprint density at radius 3 is 2.52 bits per heavy atom. The van der Waals surface area contributed by atoms with E-state index in [1.807, 2.05) is 12.1 Å². The summed E-state index contributed by atoms with van der Waals surface area (Å²) in [6, 6.07) is 10.3. The quantitative estimate of drug-likeness (QED) is 0.133. The molecule has 2 bridgehead atoms. The van der Waals surface area contributed by atoms with Crippen molar-refractivity contribution in [2.24, 2.45) is 28.7 Å². The first-order chi connectivity index (χ1) is 14.7. The number of aromatic nitrogens is 1. The highest BCUT2D eigenvalue weighted by atomic mass is 127. The predicted molar refractivity (Wildman–Crippen MR) is 131 cm³/mol. The number of carbonyl (C=O) groups excluding carboxylic acids is 2. The van der Waals surface area contributed by atoms with E-state index in [1.54, 1.807) is 7.05 Å². The van der Waals surface area contributed by atoms with Crippen molar-refractivity contribution in [1.29, 1.82) is 0 Å². The fourth-order valence-corrected chi connectivity index (χ4v) is 5.26. The predicted octanol–water partition coefficient (Wildman–Crippen LogP) is 2.65. The highest BCUT2D eigenvalue weighted by Gasteiger charge is 2.58. The SMILES string of the molecule is CN=C(NCCCN1C(=O)C2C3C=CC(C3)C2C1=O)NCc1cc2ccccc2[nH]1.I. The number of para-hydroxylation sites is 1. The number of carbonyl (C=O) groups is 2. The van der Waals surface area contributed by atoms with Crippen LogP contribution in [0.15, 0.2) is 47.5 Å². The van der Waals surface area contributed by atoms with Crippen molar-refractivity contribution in [3.05, 3.63) is 48.2 Å². The average molecular weight is 533 g/mol. The van der Waals surface area contributed by atoms with Crippen LogP contribution in [0.25, 0.3) is 10.9 Å². The van der Waals surface area contributed by atoms with E-state index < -0.39 is 0 Å². The van der Waals surface area contributed by atoms with E-state index in [4.69, 9.17) is 0 Å². The van der Waals surface area contributed by atoms with Crippen molar-refractivity contribution in [1.82, 2.24) is 20.5 Å². The molecule has 0 radical (unpaired) electrons. The fraction of sp³-hybridized carbons (Fsp3) is 0.435. The summed E-state index contributed by atoms with van der Waals surface area (Å²) in [5.74, 6) is 1.09. The molecule has 3 aliphatic rings. The third-order valence-electron chi connectivity index (χ3n) is 6.67. The number of nitrogens with zero attached hydrogens (tertiary/aromatic N) is 2. The Hall–Kier alpha value is -2.36. The van der Waals surface area contributed by atoms with Crippen LogP contribution in [0.1, 0.15) is 18.5 Å². The number of hydrogen-bond acceptors (Lipinski definition) is 3. The maximum Gasteiger partial charge on any atom is 0.233 e. The monoisotopic (exact) mass is 533 g/mol. The number of aromatic amines is 1. The molecule has 1 aliphatic heterocycles. The van der Waals surface area contributed by atoms with Gasteiger partial charge in [-0.3, -0.25) is 19.5 Å². The first-order valence-corrected chi connectivity index (χ1v) is 10.7. The van der Waals surface area contributed by atoms with Gasteiger partial charge in [-0.25, -0.2) is 0 Å². The molecule has 164 valence electrons. The van der Waals surface area contributed by atoms with Crippen LogP contribution < -0.4 is 10.6 Å². The minimum Gasteiger partial charge on any atom is -0.357 e. The molecule has 2 heterocycles. The van der Waals surface area contributed by atoms with Gasteiger partial charge in [-0.15, -0.1) is 24.0 Å². The van der Waals surface area contributed by atoms with Crippen molar-refractivity contribution >= 4 is 52.7 Å². The second-order valence-corrected chi connectivity index (χ2v) is 8.42. The summed E-state index contributed by atoms with van der Waals surface area (Å²) in [4.78, 5) is 34.6. The van der Waals surface area contributed by atoms with Crippen molar-refractivity contribution in [3.63, 3.8) is 0 Å². The van der Waals surface area contributed by atoms with Gasteiger partial charge in [0.05, 0.1) is 18.4 Å². The van der Waals surface area contributed by atoms with Gasteiger partial charge in [0.2, 0.25) is 11.8 Å². The lowest BCUT2D eigenvalue weighted by Gasteiger charge is -2.18. The summed E-state index contributed by atoms with van der Waals surface area (Å²) >= 11 is 0. The zero-order valence-electron chi connectivity index (χ0n) is 17.5. The molecule has 2 amide bonds. The lowest BCUT2D eigenvalue weighted by Crippen LogP contribution is -2.39. The highest BCUT2D eigenvalue weighted by Crippen LogP contribution is 2.52. The number of hydrogen-bond donors (Lipinski definition) is 3. The molecule has 7 nitrogen and oxygen atoms in total. The molecule has 1 saturated heterocycles. The number of amides is 2. The molecular weight excluding hydrogens is 505 g/mol. The third-order valence-corrected chi connectivity index (χ3v) is 6.67. The summed E-state index contributed by atoms with van der Waals surface area (Å²) < 4.78 is 0. The lowest BCUT2D eigenvalue weighted by molar-refractivity contribution is -0.140. The summed E-state index contributed by atoms with van der Waals surface area (Å²) in [6.07, 6.45) is 5.93. The van der Waals surface area contributed by atoms with E-state index in [0.29, 0.717) is 32.0 Å². The third kappa shape index (κ3) is 3.97. The van der Waals surface area contributed by atoms with Crippen LogP contribution in [0.2, 0.25) is 0 Å². The fourth-order valence-electron chi connectivity index (χ4n) is 5.26. The maximum atomic E-state index is 12.7. The van der Waals surface area contributed by atoms with Gasteiger partial charge in [-0.05, 0) is 42.2 Å². The molecule has 4 atom stereocenters. The van der Waals surface area contributed by atoms with Gasteiger partial charge in [0.15, 0.2) is 5.96 Å². The number of nitrogens with one attached hydrogen (secondary N) is 3. The number of benzene rings is 1. The van der Waals surface area contributed by atoms with Gasteiger partial charge in [0, 0.05) is 31.3 Å². The molecule has 4 unspecified atom stereocenters. The number of aliphatic imine (C=N–C) groups is 1. The number of guanidine groups is 1. The zero-order chi connectivity index (χ0) is 20.7. The minimum absolute atomic E-state index is 0. The summed E-state index contributed by atoms with van der Waals surface area (Å²) in [5, 5.41) is 7.75. The van der Waals surface area contributed by atoms with Crippen LogP contribution in [0, 0.1) is 23.7 Å². The van der Waals surface area contributed by atoms with Gasteiger partial charge in [0.1, 0.15) is 0 Å². The van der Waals surface area contributed by atoms with Crippen LogP contribution in [-0.4, -0.2) is 47.8 Å². The Morgan fingerprint density at radius 2 is 1.84 bits per heavy atom. The first kappa shape index (κ1) is 21.9. The van der Waals surface area contributed by atoms with E-state index in [0.717, 1.165) is 17.6 Å². The highest BCUT2D eigenvalue weighted by molar-refractivity contribution is 14.0. The number of H-pyrrole nitrogens is 1. The summed E-state index contributed by atoms with van der Waals surface area (Å²) in [6.45, 7) is 1.75. The first-order valence-electron chi connectivity index (χ1n) is 10.7. The molecule has 1 saturated carbocycles. The number of rotatable bonds is 6. The van der Waals surface area contributed by atoms with Crippen molar-refractivity contribution in [2.75, 3.05) is 20.1 Å². The van der Waals surface area contributed by atoms with Crippen molar-refractivity contribution in [3.8, 4) is 0 Å². The largest absolute Gasteiger partial charge is 0.357 e. The number of allylic oxidation sites excluding steroid dienone is 2. The number of imide groups is 1. The van der Waals surface area contributed by atoms with Gasteiger partial charge in [0.25, 0.3) is 0 Å². The Balaban J connectivity index is 0.00000231. The Morgan fingerprint density at radius 1 is 1.13 bits per heavy atom. The molecule has 3 N–H and O–H groups in total. The van der Waals surface area contributed by atoms with Crippen LogP contribution >= 0.6 is 24.0 Å².